The van der Waals surface area contributed by atoms with Gasteiger partial charge in [-0.05, 0) is 32.1 Å². The molecule has 68 valence electrons. The van der Waals surface area contributed by atoms with E-state index in [1.165, 1.54) is 12.8 Å². The van der Waals surface area contributed by atoms with Crippen molar-refractivity contribution in [3.8, 4) is 0 Å². The third-order valence-corrected chi connectivity index (χ3v) is 2.39. The van der Waals surface area contributed by atoms with Crippen LogP contribution in [0.4, 0.5) is 0 Å². The van der Waals surface area contributed by atoms with Gasteiger partial charge in [0.25, 0.3) is 0 Å². The Hall–Kier alpha value is -0.790. The molecule has 2 heteroatoms. The van der Waals surface area contributed by atoms with Crippen molar-refractivity contribution < 1.29 is 9.53 Å². The van der Waals surface area contributed by atoms with Gasteiger partial charge in [0.15, 0.2) is 0 Å². The van der Waals surface area contributed by atoms with Gasteiger partial charge in [0, 0.05) is 5.57 Å². The monoisotopic (exact) mass is 168 g/mol. The summed E-state index contributed by atoms with van der Waals surface area (Å²) >= 11 is 0. The molecule has 0 N–H and O–H groups in total. The van der Waals surface area contributed by atoms with Crippen LogP contribution in [0.3, 0.4) is 0 Å². The van der Waals surface area contributed by atoms with Crippen LogP contribution in [0.5, 0.6) is 0 Å². The molecule has 0 saturated heterocycles. The summed E-state index contributed by atoms with van der Waals surface area (Å²) in [5.41, 5.74) is 0.495. The lowest BCUT2D eigenvalue weighted by Crippen LogP contribution is -2.20. The van der Waals surface area contributed by atoms with E-state index in [9.17, 15) is 4.79 Å². The molecule has 0 heterocycles. The number of esters is 1. The van der Waals surface area contributed by atoms with E-state index in [1.807, 2.05) is 0 Å². The predicted molar refractivity (Wildman–Crippen MR) is 47.7 cm³/mol. The zero-order chi connectivity index (χ0) is 9.14. The molecule has 2 unspecified atom stereocenters. The van der Waals surface area contributed by atoms with Crippen LogP contribution in [-0.2, 0) is 9.53 Å². The first kappa shape index (κ1) is 9.30. The maximum atomic E-state index is 11.1. The lowest BCUT2D eigenvalue weighted by molar-refractivity contribution is -0.145. The van der Waals surface area contributed by atoms with Gasteiger partial charge in [-0.2, -0.15) is 0 Å². The van der Waals surface area contributed by atoms with Crippen LogP contribution in [0.1, 0.15) is 33.1 Å². The fraction of sp³-hybridized carbons (Fsp3) is 0.700. The van der Waals surface area contributed by atoms with E-state index >= 15 is 0 Å². The van der Waals surface area contributed by atoms with Crippen LogP contribution in [0, 0.1) is 5.92 Å². The van der Waals surface area contributed by atoms with E-state index in [0.29, 0.717) is 11.5 Å². The smallest absolute Gasteiger partial charge is 0.333 e. The zero-order valence-corrected chi connectivity index (χ0v) is 7.80. The summed E-state index contributed by atoms with van der Waals surface area (Å²) < 4.78 is 5.25. The molecule has 0 amide bonds. The molecule has 0 radical (unpaired) electrons. The largest absolute Gasteiger partial charge is 0.459 e. The van der Waals surface area contributed by atoms with E-state index in [2.05, 4.69) is 13.5 Å². The Morgan fingerprint density at radius 1 is 1.50 bits per heavy atom. The molecule has 0 aromatic carbocycles. The molecule has 0 aromatic heterocycles. The number of ether oxygens (including phenoxy) is 1. The molecule has 0 aliphatic heterocycles. The van der Waals surface area contributed by atoms with E-state index in [1.54, 1.807) is 6.92 Å². The van der Waals surface area contributed by atoms with Crippen LogP contribution in [0.15, 0.2) is 12.2 Å². The molecule has 1 fully saturated rings. The highest BCUT2D eigenvalue weighted by atomic mass is 16.5. The average molecular weight is 168 g/mol. The van der Waals surface area contributed by atoms with Gasteiger partial charge in [0.05, 0.1) is 0 Å². The van der Waals surface area contributed by atoms with Crippen LogP contribution >= 0.6 is 0 Å². The maximum absolute atomic E-state index is 11.1. The average Bonchev–Trinajstić information content (AvgIpc) is 2.36. The Morgan fingerprint density at radius 3 is 2.58 bits per heavy atom. The second-order valence-corrected chi connectivity index (χ2v) is 3.63. The number of carbonyl (C=O) groups excluding carboxylic acids is 1. The van der Waals surface area contributed by atoms with E-state index < -0.39 is 0 Å². The number of carbonyl (C=O) groups is 1. The summed E-state index contributed by atoms with van der Waals surface area (Å²) in [7, 11) is 0. The fourth-order valence-electron chi connectivity index (χ4n) is 1.52. The quantitative estimate of drug-likeness (QED) is 0.467. The molecule has 0 aromatic rings. The van der Waals surface area contributed by atoms with Crippen molar-refractivity contribution in [1.29, 1.82) is 0 Å². The van der Waals surface area contributed by atoms with Crippen LogP contribution in [-0.4, -0.2) is 12.1 Å². The van der Waals surface area contributed by atoms with Crippen molar-refractivity contribution in [2.24, 2.45) is 5.92 Å². The van der Waals surface area contributed by atoms with Crippen LogP contribution < -0.4 is 0 Å². The Kier molecular flexibility index (Phi) is 2.90. The molecule has 12 heavy (non-hydrogen) atoms. The summed E-state index contributed by atoms with van der Waals surface area (Å²) in [6.45, 7) is 7.36. The number of hydrogen-bond donors (Lipinski definition) is 0. The minimum atomic E-state index is -0.242. The van der Waals surface area contributed by atoms with Gasteiger partial charge in [-0.1, -0.05) is 13.5 Å². The van der Waals surface area contributed by atoms with Gasteiger partial charge in [-0.3, -0.25) is 0 Å². The lowest BCUT2D eigenvalue weighted by Gasteiger charge is -2.15. The summed E-state index contributed by atoms with van der Waals surface area (Å²) in [5.74, 6) is 0.280. The Balaban J connectivity index is 2.40. The van der Waals surface area contributed by atoms with Gasteiger partial charge >= 0.3 is 5.97 Å². The molecule has 1 aliphatic carbocycles. The number of hydrogen-bond acceptors (Lipinski definition) is 2. The third kappa shape index (κ3) is 2.10. The molecule has 1 saturated carbocycles. The SMILES string of the molecule is C=C(C)C(=O)OC1CCCC1C. The van der Waals surface area contributed by atoms with Crippen LogP contribution in [0.25, 0.3) is 0 Å². The zero-order valence-electron chi connectivity index (χ0n) is 7.80. The molecule has 2 nitrogen and oxygen atoms in total. The van der Waals surface area contributed by atoms with Crippen molar-refractivity contribution >= 4 is 5.97 Å². The highest BCUT2D eigenvalue weighted by Crippen LogP contribution is 2.27. The van der Waals surface area contributed by atoms with Crippen molar-refractivity contribution in [1.82, 2.24) is 0 Å². The minimum Gasteiger partial charge on any atom is -0.459 e. The number of rotatable bonds is 2. The van der Waals surface area contributed by atoms with Crippen molar-refractivity contribution in [2.45, 2.75) is 39.2 Å². The first-order chi connectivity index (χ1) is 5.61. The summed E-state index contributed by atoms with van der Waals surface area (Å²) in [5, 5.41) is 0. The fourth-order valence-corrected chi connectivity index (χ4v) is 1.52. The topological polar surface area (TPSA) is 26.3 Å². The maximum Gasteiger partial charge on any atom is 0.333 e. The molecular formula is C10H16O2. The first-order valence-corrected chi connectivity index (χ1v) is 4.47. The van der Waals surface area contributed by atoms with Crippen molar-refractivity contribution in [3.63, 3.8) is 0 Å². The minimum absolute atomic E-state index is 0.134. The van der Waals surface area contributed by atoms with Gasteiger partial charge in [-0.15, -0.1) is 0 Å². The Labute approximate surface area is 73.6 Å². The molecular weight excluding hydrogens is 152 g/mol. The van der Waals surface area contributed by atoms with Gasteiger partial charge in [-0.25, -0.2) is 4.79 Å². The van der Waals surface area contributed by atoms with Gasteiger partial charge < -0.3 is 4.74 Å². The lowest BCUT2D eigenvalue weighted by atomic mass is 10.1. The van der Waals surface area contributed by atoms with Crippen molar-refractivity contribution in [3.05, 3.63) is 12.2 Å². The first-order valence-electron chi connectivity index (χ1n) is 4.47. The normalized spacial score (nSPS) is 28.5. The molecule has 2 atom stereocenters. The second kappa shape index (κ2) is 3.74. The van der Waals surface area contributed by atoms with Crippen molar-refractivity contribution in [2.75, 3.05) is 0 Å². The highest BCUT2D eigenvalue weighted by molar-refractivity contribution is 5.87. The molecule has 0 spiro atoms. The van der Waals surface area contributed by atoms with Crippen LogP contribution in [0.2, 0.25) is 0 Å². The summed E-state index contributed by atoms with van der Waals surface area (Å²) in [4.78, 5) is 11.1. The molecule has 1 aliphatic rings. The predicted octanol–water partition coefficient (Wildman–Crippen LogP) is 2.29. The Bertz CT molecular complexity index is 196. The summed E-state index contributed by atoms with van der Waals surface area (Å²) in [6.07, 6.45) is 3.50. The standard InChI is InChI=1S/C10H16O2/c1-7(2)10(11)12-9-6-4-5-8(9)3/h8-9H,1,4-6H2,2-3H3. The van der Waals surface area contributed by atoms with Gasteiger partial charge in [0.1, 0.15) is 6.10 Å². The highest BCUT2D eigenvalue weighted by Gasteiger charge is 2.26. The van der Waals surface area contributed by atoms with E-state index in [0.717, 1.165) is 6.42 Å². The van der Waals surface area contributed by atoms with E-state index in [-0.39, 0.29) is 12.1 Å². The second-order valence-electron chi connectivity index (χ2n) is 3.63. The molecule has 1 rings (SSSR count). The third-order valence-electron chi connectivity index (χ3n) is 2.39. The molecule has 0 bridgehead atoms. The Morgan fingerprint density at radius 2 is 2.17 bits per heavy atom. The van der Waals surface area contributed by atoms with E-state index in [4.69, 9.17) is 4.74 Å². The summed E-state index contributed by atoms with van der Waals surface area (Å²) in [6, 6.07) is 0. The van der Waals surface area contributed by atoms with Gasteiger partial charge in [0.2, 0.25) is 0 Å².